The van der Waals surface area contributed by atoms with Gasteiger partial charge in [0.25, 0.3) is 5.69 Å². The third-order valence-corrected chi connectivity index (χ3v) is 3.08. The minimum Gasteiger partial charge on any atom is -0.493 e. The van der Waals surface area contributed by atoms with Crippen LogP contribution in [0.25, 0.3) is 0 Å². The maximum Gasteiger partial charge on any atom is 0.269 e. The molecule has 7 heteroatoms. The standard InChI is InChI=1S/C16H16N2O5/c1-21-15-5-3-4-13(16(15)22-2)10-17-23-11-12-6-8-14(9-7-12)18(19)20/h3-10H,11H2,1-2H3/b17-10-. The van der Waals surface area contributed by atoms with Crippen molar-refractivity contribution in [2.75, 3.05) is 14.2 Å². The number of para-hydroxylation sites is 1. The number of nitro groups is 1. The molecule has 23 heavy (non-hydrogen) atoms. The van der Waals surface area contributed by atoms with Crippen molar-refractivity contribution in [1.29, 1.82) is 0 Å². The zero-order valence-corrected chi connectivity index (χ0v) is 12.8. The van der Waals surface area contributed by atoms with Crippen LogP contribution < -0.4 is 9.47 Å². The van der Waals surface area contributed by atoms with Gasteiger partial charge in [-0.1, -0.05) is 11.2 Å². The third kappa shape index (κ3) is 4.19. The van der Waals surface area contributed by atoms with E-state index in [0.29, 0.717) is 11.5 Å². The first kappa shape index (κ1) is 16.3. The molecule has 0 saturated heterocycles. The highest BCUT2D eigenvalue weighted by Crippen LogP contribution is 2.29. The molecule has 0 heterocycles. The molecular weight excluding hydrogens is 300 g/mol. The van der Waals surface area contributed by atoms with Gasteiger partial charge in [-0.3, -0.25) is 10.1 Å². The predicted molar refractivity (Wildman–Crippen MR) is 85.0 cm³/mol. The molecule has 0 spiro atoms. The monoisotopic (exact) mass is 316 g/mol. The van der Waals surface area contributed by atoms with Crippen molar-refractivity contribution in [3.05, 3.63) is 63.7 Å². The SMILES string of the molecule is COc1cccc(/C=N\OCc2ccc([N+](=O)[O-])cc2)c1OC. The number of ether oxygens (including phenoxy) is 2. The topological polar surface area (TPSA) is 83.2 Å². The van der Waals surface area contributed by atoms with Gasteiger partial charge >= 0.3 is 0 Å². The van der Waals surface area contributed by atoms with Crippen LogP contribution in [0.5, 0.6) is 11.5 Å². The fourth-order valence-electron chi connectivity index (χ4n) is 1.93. The van der Waals surface area contributed by atoms with Gasteiger partial charge in [-0.15, -0.1) is 0 Å². The van der Waals surface area contributed by atoms with Gasteiger partial charge in [0.2, 0.25) is 0 Å². The molecule has 7 nitrogen and oxygen atoms in total. The van der Waals surface area contributed by atoms with Gasteiger partial charge in [-0.2, -0.15) is 0 Å². The molecule has 0 radical (unpaired) electrons. The van der Waals surface area contributed by atoms with Gasteiger partial charge in [0.15, 0.2) is 11.5 Å². The lowest BCUT2D eigenvalue weighted by molar-refractivity contribution is -0.384. The fraction of sp³-hybridized carbons (Fsp3) is 0.188. The van der Waals surface area contributed by atoms with Crippen LogP contribution in [0.3, 0.4) is 0 Å². The number of non-ortho nitro benzene ring substituents is 1. The summed E-state index contributed by atoms with van der Waals surface area (Å²) in [5, 5.41) is 14.5. The number of hydrogen-bond donors (Lipinski definition) is 0. The molecular formula is C16H16N2O5. The van der Waals surface area contributed by atoms with Crippen LogP contribution in [0.2, 0.25) is 0 Å². The van der Waals surface area contributed by atoms with Crippen molar-refractivity contribution in [3.63, 3.8) is 0 Å². The van der Waals surface area contributed by atoms with Gasteiger partial charge in [-0.25, -0.2) is 0 Å². The average molecular weight is 316 g/mol. The summed E-state index contributed by atoms with van der Waals surface area (Å²) in [6.45, 7) is 0.209. The molecule has 0 aliphatic heterocycles. The summed E-state index contributed by atoms with van der Waals surface area (Å²) in [7, 11) is 3.11. The first-order valence-corrected chi connectivity index (χ1v) is 6.75. The molecule has 0 atom stereocenters. The number of benzene rings is 2. The van der Waals surface area contributed by atoms with E-state index in [1.54, 1.807) is 32.4 Å². The zero-order chi connectivity index (χ0) is 16.7. The van der Waals surface area contributed by atoms with Crippen molar-refractivity contribution in [3.8, 4) is 11.5 Å². The molecule has 0 fully saturated rings. The Balaban J connectivity index is 1.98. The van der Waals surface area contributed by atoms with Gasteiger partial charge in [0.05, 0.1) is 25.4 Å². The molecule has 2 rings (SSSR count). The van der Waals surface area contributed by atoms with E-state index in [0.717, 1.165) is 11.1 Å². The number of rotatable bonds is 7. The molecule has 0 aliphatic carbocycles. The van der Waals surface area contributed by atoms with Crippen molar-refractivity contribution >= 4 is 11.9 Å². The Hall–Kier alpha value is -3.09. The first-order chi connectivity index (χ1) is 11.2. The average Bonchev–Trinajstić information content (AvgIpc) is 2.58. The summed E-state index contributed by atoms with van der Waals surface area (Å²) in [6.07, 6.45) is 1.52. The minimum atomic E-state index is -0.447. The van der Waals surface area contributed by atoms with E-state index in [-0.39, 0.29) is 12.3 Å². The van der Waals surface area contributed by atoms with E-state index in [2.05, 4.69) is 5.16 Å². The molecule has 0 saturated carbocycles. The normalized spacial score (nSPS) is 10.5. The Bertz CT molecular complexity index is 698. The highest BCUT2D eigenvalue weighted by Gasteiger charge is 2.07. The van der Waals surface area contributed by atoms with Crippen molar-refractivity contribution in [2.24, 2.45) is 5.16 Å². The summed E-state index contributed by atoms with van der Waals surface area (Å²) in [5.74, 6) is 1.17. The number of nitro benzene ring substituents is 1. The Labute approximate surface area is 133 Å². The van der Waals surface area contributed by atoms with E-state index < -0.39 is 4.92 Å². The Morgan fingerprint density at radius 2 is 1.87 bits per heavy atom. The van der Waals surface area contributed by atoms with E-state index >= 15 is 0 Å². The highest BCUT2D eigenvalue weighted by molar-refractivity contribution is 5.84. The van der Waals surface area contributed by atoms with Crippen molar-refractivity contribution in [1.82, 2.24) is 0 Å². The smallest absolute Gasteiger partial charge is 0.269 e. The second kappa shape index (κ2) is 7.79. The maximum atomic E-state index is 10.6. The first-order valence-electron chi connectivity index (χ1n) is 6.75. The Morgan fingerprint density at radius 3 is 2.48 bits per heavy atom. The lowest BCUT2D eigenvalue weighted by Crippen LogP contribution is -1.96. The van der Waals surface area contributed by atoms with E-state index in [4.69, 9.17) is 14.3 Å². The van der Waals surface area contributed by atoms with Crippen LogP contribution in [0, 0.1) is 10.1 Å². The van der Waals surface area contributed by atoms with Crippen molar-refractivity contribution in [2.45, 2.75) is 6.61 Å². The molecule has 0 bridgehead atoms. The minimum absolute atomic E-state index is 0.0402. The predicted octanol–water partition coefficient (Wildman–Crippen LogP) is 3.16. The summed E-state index contributed by atoms with van der Waals surface area (Å²) >= 11 is 0. The highest BCUT2D eigenvalue weighted by atomic mass is 16.6. The Kier molecular flexibility index (Phi) is 5.51. The van der Waals surface area contributed by atoms with E-state index in [9.17, 15) is 10.1 Å². The summed E-state index contributed by atoms with van der Waals surface area (Å²) in [6, 6.07) is 11.5. The molecule has 0 unspecified atom stereocenters. The van der Waals surface area contributed by atoms with Crippen LogP contribution in [0.15, 0.2) is 47.6 Å². The summed E-state index contributed by atoms with van der Waals surface area (Å²) in [4.78, 5) is 15.3. The number of oxime groups is 1. The maximum absolute atomic E-state index is 10.6. The summed E-state index contributed by atoms with van der Waals surface area (Å²) < 4.78 is 10.5. The van der Waals surface area contributed by atoms with Gasteiger partial charge in [0.1, 0.15) is 6.61 Å². The molecule has 120 valence electrons. The fourth-order valence-corrected chi connectivity index (χ4v) is 1.93. The Morgan fingerprint density at radius 1 is 1.13 bits per heavy atom. The van der Waals surface area contributed by atoms with Crippen LogP contribution in [-0.2, 0) is 11.4 Å². The van der Waals surface area contributed by atoms with E-state index in [1.807, 2.05) is 12.1 Å². The lowest BCUT2D eigenvalue weighted by Gasteiger charge is -2.09. The zero-order valence-electron chi connectivity index (χ0n) is 12.8. The number of methoxy groups -OCH3 is 2. The molecule has 0 N–H and O–H groups in total. The van der Waals surface area contributed by atoms with Crippen LogP contribution >= 0.6 is 0 Å². The van der Waals surface area contributed by atoms with Gasteiger partial charge in [0, 0.05) is 17.7 Å². The number of hydrogen-bond acceptors (Lipinski definition) is 6. The molecule has 2 aromatic rings. The van der Waals surface area contributed by atoms with Gasteiger partial charge in [-0.05, 0) is 29.8 Å². The third-order valence-electron chi connectivity index (χ3n) is 3.08. The van der Waals surface area contributed by atoms with E-state index in [1.165, 1.54) is 18.3 Å². The molecule has 0 aromatic heterocycles. The summed E-state index contributed by atoms with van der Waals surface area (Å²) in [5.41, 5.74) is 1.54. The second-order valence-electron chi connectivity index (χ2n) is 4.51. The lowest BCUT2D eigenvalue weighted by atomic mass is 10.2. The van der Waals surface area contributed by atoms with Gasteiger partial charge < -0.3 is 14.3 Å². The van der Waals surface area contributed by atoms with Crippen LogP contribution in [-0.4, -0.2) is 25.4 Å². The largest absolute Gasteiger partial charge is 0.493 e. The van der Waals surface area contributed by atoms with Crippen molar-refractivity contribution < 1.29 is 19.2 Å². The molecule has 0 amide bonds. The molecule has 2 aromatic carbocycles. The number of nitrogens with zero attached hydrogens (tertiary/aromatic N) is 2. The molecule has 0 aliphatic rings. The van der Waals surface area contributed by atoms with Crippen LogP contribution in [0.4, 0.5) is 5.69 Å². The van der Waals surface area contributed by atoms with Crippen LogP contribution in [0.1, 0.15) is 11.1 Å². The quantitative estimate of drug-likeness (QED) is 0.445. The second-order valence-corrected chi connectivity index (χ2v) is 4.51.